The highest BCUT2D eigenvalue weighted by Crippen LogP contribution is 2.27. The van der Waals surface area contributed by atoms with Crippen molar-refractivity contribution >= 4 is 52.9 Å². The first-order chi connectivity index (χ1) is 28.9. The van der Waals surface area contributed by atoms with E-state index in [2.05, 4.69) is 35.6 Å². The Morgan fingerprint density at radius 3 is 1.36 bits per heavy atom. The molecule has 5 rings (SSSR count). The summed E-state index contributed by atoms with van der Waals surface area (Å²) >= 11 is 0. The minimum absolute atomic E-state index is 0.295. The van der Waals surface area contributed by atoms with Crippen molar-refractivity contribution in [1.82, 2.24) is 20.4 Å². The number of benzene rings is 3. The molecule has 4 atom stereocenters. The van der Waals surface area contributed by atoms with Crippen LogP contribution in [0.1, 0.15) is 64.5 Å². The van der Waals surface area contributed by atoms with E-state index < -0.39 is 59.4 Å². The van der Waals surface area contributed by atoms with Crippen LogP contribution in [0.15, 0.2) is 78.9 Å². The molecule has 0 aromatic heterocycles. The Balaban J connectivity index is 1.21. The molecule has 3 aromatic carbocycles. The lowest BCUT2D eigenvalue weighted by atomic mass is 9.97. The van der Waals surface area contributed by atoms with Gasteiger partial charge in [-0.1, -0.05) is 42.5 Å². The zero-order valence-corrected chi connectivity index (χ0v) is 35.5. The molecule has 17 nitrogen and oxygen atoms in total. The Morgan fingerprint density at radius 2 is 1.02 bits per heavy atom. The summed E-state index contributed by atoms with van der Waals surface area (Å²) < 4.78 is 9.28. The second-order valence-corrected chi connectivity index (χ2v) is 16.4. The topological polar surface area (TPSA) is 219 Å². The van der Waals surface area contributed by atoms with Gasteiger partial charge in [0.15, 0.2) is 0 Å². The van der Waals surface area contributed by atoms with Crippen LogP contribution >= 0.6 is 0 Å². The second kappa shape index (κ2) is 19.9. The lowest BCUT2D eigenvalue weighted by Gasteiger charge is -2.34. The van der Waals surface area contributed by atoms with Crippen molar-refractivity contribution in [3.05, 3.63) is 90.0 Å². The first-order valence-electron chi connectivity index (χ1n) is 20.2. The molecule has 6 amide bonds. The van der Waals surface area contributed by atoms with Gasteiger partial charge in [-0.2, -0.15) is 0 Å². The average molecular weight is 844 g/mol. The molecule has 2 saturated heterocycles. The van der Waals surface area contributed by atoms with Crippen LogP contribution in [-0.4, -0.2) is 119 Å². The number of nitrogens with zero attached hydrogens (tertiary/aromatic N) is 3. The summed E-state index contributed by atoms with van der Waals surface area (Å²) in [6.45, 7) is 7.25. The van der Waals surface area contributed by atoms with E-state index in [1.54, 1.807) is 24.3 Å². The molecule has 3 aromatic rings. The minimum atomic E-state index is -1.61. The van der Waals surface area contributed by atoms with E-state index in [1.165, 1.54) is 37.5 Å². The number of likely N-dealkylation sites (tertiary alicyclic amines) is 2. The monoisotopic (exact) mass is 843 g/mol. The fourth-order valence-corrected chi connectivity index (χ4v) is 7.53. The number of alkyl carbamates (subject to hydrolysis) is 2. The molecular formula is C44H57N7O10. The molecule has 328 valence electrons. The van der Waals surface area contributed by atoms with Crippen LogP contribution in [0.25, 0.3) is 0 Å². The van der Waals surface area contributed by atoms with Gasteiger partial charge < -0.3 is 55.7 Å². The zero-order chi connectivity index (χ0) is 44.5. The molecule has 0 bridgehead atoms. The first-order valence-corrected chi connectivity index (χ1v) is 20.2. The number of carbonyl (C=O) groups is 6. The summed E-state index contributed by atoms with van der Waals surface area (Å²) in [5, 5.41) is 31.9. The van der Waals surface area contributed by atoms with E-state index in [0.717, 1.165) is 31.0 Å². The number of aliphatic hydroxyl groups is 2. The molecule has 0 unspecified atom stereocenters. The highest BCUT2D eigenvalue weighted by Gasteiger charge is 2.44. The molecular weight excluding hydrogens is 787 g/mol. The minimum Gasteiger partial charge on any atom is -0.453 e. The summed E-state index contributed by atoms with van der Waals surface area (Å²) in [6, 6.07) is 20.5. The van der Waals surface area contributed by atoms with Gasteiger partial charge in [0, 0.05) is 43.2 Å². The Bertz CT molecular complexity index is 1890. The van der Waals surface area contributed by atoms with Crippen molar-refractivity contribution in [3.8, 4) is 0 Å². The third-order valence-electron chi connectivity index (χ3n) is 10.8. The maximum Gasteiger partial charge on any atom is 0.407 e. The van der Waals surface area contributed by atoms with Crippen LogP contribution in [0.4, 0.5) is 26.7 Å². The fraction of sp³-hybridized carbons (Fsp3) is 0.455. The summed E-state index contributed by atoms with van der Waals surface area (Å²) in [4.78, 5) is 82.8. The molecule has 0 saturated carbocycles. The smallest absolute Gasteiger partial charge is 0.407 e. The molecule has 2 aliphatic rings. The van der Waals surface area contributed by atoms with Gasteiger partial charge in [-0.25, -0.2) is 9.59 Å². The van der Waals surface area contributed by atoms with E-state index >= 15 is 0 Å². The number of nitrogens with one attached hydrogen (secondary N) is 4. The van der Waals surface area contributed by atoms with Crippen LogP contribution in [0.3, 0.4) is 0 Å². The van der Waals surface area contributed by atoms with Crippen molar-refractivity contribution in [2.75, 3.05) is 42.8 Å². The molecule has 61 heavy (non-hydrogen) atoms. The highest BCUT2D eigenvalue weighted by atomic mass is 16.5. The molecule has 0 radical (unpaired) electrons. The second-order valence-electron chi connectivity index (χ2n) is 16.4. The van der Waals surface area contributed by atoms with Gasteiger partial charge in [-0.15, -0.1) is 0 Å². The van der Waals surface area contributed by atoms with Crippen molar-refractivity contribution in [3.63, 3.8) is 0 Å². The van der Waals surface area contributed by atoms with Crippen LogP contribution in [0, 0.1) is 0 Å². The number of hydrogen-bond donors (Lipinski definition) is 6. The lowest BCUT2D eigenvalue weighted by molar-refractivity contribution is -0.143. The van der Waals surface area contributed by atoms with E-state index in [-0.39, 0.29) is 11.8 Å². The predicted octanol–water partition coefficient (Wildman–Crippen LogP) is 3.74. The Labute approximate surface area is 355 Å². The van der Waals surface area contributed by atoms with Gasteiger partial charge in [0.25, 0.3) is 0 Å². The van der Waals surface area contributed by atoms with E-state index in [1.807, 2.05) is 54.6 Å². The number of para-hydroxylation sites is 1. The number of rotatable bonds is 15. The van der Waals surface area contributed by atoms with E-state index in [9.17, 15) is 39.0 Å². The Kier molecular flexibility index (Phi) is 15.0. The molecule has 2 fully saturated rings. The number of amides is 6. The lowest BCUT2D eigenvalue weighted by Crippen LogP contribution is -2.60. The van der Waals surface area contributed by atoms with Gasteiger partial charge in [-0.3, -0.25) is 19.2 Å². The average Bonchev–Trinajstić information content (AvgIpc) is 3.93. The molecule has 17 heteroatoms. The van der Waals surface area contributed by atoms with Crippen molar-refractivity contribution in [2.45, 2.75) is 102 Å². The number of hydrogen-bond acceptors (Lipinski definition) is 11. The highest BCUT2D eigenvalue weighted by molar-refractivity contribution is 6.00. The third-order valence-corrected chi connectivity index (χ3v) is 10.8. The third kappa shape index (κ3) is 12.0. The van der Waals surface area contributed by atoms with Crippen molar-refractivity contribution < 1.29 is 48.5 Å². The normalized spacial score (nSPS) is 17.4. The number of methoxy groups -OCH3 is 2. The molecule has 6 N–H and O–H groups in total. The SMILES string of the molecule is COC(=O)N[C@H](C(=O)N1CCC[C@H]1C(=O)Nc1ccc(CN(Cc2ccc(NC(=O)[C@@H]3CCCN3C(=O)[C@@H](NC(=O)OC)C(C)(C)O)cc2)c2ccccc2)cc1)C(C)(C)O. The number of ether oxygens (including phenoxy) is 2. The molecule has 0 aliphatic carbocycles. The standard InChI is InChI=1S/C44H57N7O10/c1-43(2,58)35(47-41(56)60-5)39(54)50-24-10-14-33(50)37(52)45-30-20-16-28(17-21-30)26-49(32-12-8-7-9-13-32)27-29-18-22-31(23-19-29)46-38(53)34-15-11-25-51(34)40(55)36(44(3,4)59)48-42(57)61-6/h7-9,12-13,16-23,33-36,58-59H,10-11,14-15,24-27H2,1-6H3,(H,45,52)(H,46,53)(H,47,56)(H,48,57)/t33-,34-,35+,36+/m0/s1. The van der Waals surface area contributed by atoms with Crippen LogP contribution in [0.5, 0.6) is 0 Å². The largest absolute Gasteiger partial charge is 0.453 e. The van der Waals surface area contributed by atoms with Crippen molar-refractivity contribution in [2.24, 2.45) is 0 Å². The number of carbonyl (C=O) groups excluding carboxylic acids is 6. The summed E-state index contributed by atoms with van der Waals surface area (Å²) in [7, 11) is 2.32. The maximum atomic E-state index is 13.5. The summed E-state index contributed by atoms with van der Waals surface area (Å²) in [5.41, 5.74) is 0.780. The first kappa shape index (κ1) is 45.9. The van der Waals surface area contributed by atoms with E-state index in [0.29, 0.717) is 63.2 Å². The van der Waals surface area contributed by atoms with Crippen molar-refractivity contribution in [1.29, 1.82) is 0 Å². The van der Waals surface area contributed by atoms with Gasteiger partial charge in [0.05, 0.1) is 25.4 Å². The Hall–Kier alpha value is -6.20. The van der Waals surface area contributed by atoms with Crippen LogP contribution in [-0.2, 0) is 41.7 Å². The Morgan fingerprint density at radius 1 is 0.639 bits per heavy atom. The molecule has 2 heterocycles. The number of anilines is 3. The zero-order valence-electron chi connectivity index (χ0n) is 35.5. The van der Waals surface area contributed by atoms with Gasteiger partial charge in [0.1, 0.15) is 24.2 Å². The maximum absolute atomic E-state index is 13.5. The quantitative estimate of drug-likeness (QED) is 0.130. The van der Waals surface area contributed by atoms with E-state index in [4.69, 9.17) is 0 Å². The van der Waals surface area contributed by atoms with Crippen LogP contribution < -0.4 is 26.2 Å². The van der Waals surface area contributed by atoms with Gasteiger partial charge >= 0.3 is 12.2 Å². The summed E-state index contributed by atoms with van der Waals surface area (Å²) in [6.07, 6.45) is 0.273. The molecule has 2 aliphatic heterocycles. The summed E-state index contributed by atoms with van der Waals surface area (Å²) in [5.74, 6) is -1.91. The van der Waals surface area contributed by atoms with Gasteiger partial charge in [-0.05, 0) is 101 Å². The predicted molar refractivity (Wildman–Crippen MR) is 227 cm³/mol. The van der Waals surface area contributed by atoms with Crippen LogP contribution in [0.2, 0.25) is 0 Å². The fourth-order valence-electron chi connectivity index (χ4n) is 7.53. The van der Waals surface area contributed by atoms with Gasteiger partial charge in [0.2, 0.25) is 23.6 Å². The molecule has 0 spiro atoms.